The van der Waals surface area contributed by atoms with Crippen LogP contribution in [-0.2, 0) is 4.79 Å². The van der Waals surface area contributed by atoms with Crippen LogP contribution in [0.25, 0.3) is 0 Å². The van der Waals surface area contributed by atoms with Crippen LogP contribution >= 0.6 is 15.9 Å². The minimum absolute atomic E-state index is 0.0130. The summed E-state index contributed by atoms with van der Waals surface area (Å²) >= 11 is 3.31. The molecule has 6 heteroatoms. The molecule has 0 saturated carbocycles. The quantitative estimate of drug-likeness (QED) is 0.776. The van der Waals surface area contributed by atoms with E-state index in [0.29, 0.717) is 16.7 Å². The monoisotopic (exact) mass is 354 g/mol. The largest absolute Gasteiger partial charge is 0.478 e. The number of hydrogen-bond donors (Lipinski definition) is 3. The summed E-state index contributed by atoms with van der Waals surface area (Å²) in [7, 11) is 0. The second-order valence-corrected chi connectivity index (χ2v) is 6.22. The van der Waals surface area contributed by atoms with Gasteiger partial charge in [0.2, 0.25) is 5.91 Å². The van der Waals surface area contributed by atoms with Gasteiger partial charge in [0.15, 0.2) is 0 Å². The first-order valence-electron chi connectivity index (χ1n) is 7.03. The van der Waals surface area contributed by atoms with Crippen LogP contribution in [0.5, 0.6) is 0 Å². The molecule has 5 nitrogen and oxygen atoms in total. The van der Waals surface area contributed by atoms with Crippen LogP contribution in [0.15, 0.2) is 22.7 Å². The molecule has 3 N–H and O–H groups in total. The average molecular weight is 355 g/mol. The number of carbonyl (C=O) groups excluding carboxylic acids is 1. The van der Waals surface area contributed by atoms with E-state index in [1.54, 1.807) is 6.07 Å². The van der Waals surface area contributed by atoms with E-state index in [2.05, 4.69) is 26.6 Å². The van der Waals surface area contributed by atoms with E-state index in [0.717, 1.165) is 25.8 Å². The number of nitrogens with one attached hydrogen (secondary N) is 2. The molecule has 0 bridgehead atoms. The summed E-state index contributed by atoms with van der Waals surface area (Å²) in [5, 5.41) is 15.1. The topological polar surface area (TPSA) is 78.4 Å². The number of piperidine rings is 1. The highest BCUT2D eigenvalue weighted by atomic mass is 79.9. The molecule has 1 heterocycles. The van der Waals surface area contributed by atoms with E-state index in [4.69, 9.17) is 5.11 Å². The fraction of sp³-hybridized carbons (Fsp3) is 0.467. The third-order valence-corrected chi connectivity index (χ3v) is 4.75. The van der Waals surface area contributed by atoms with Crippen molar-refractivity contribution in [3.8, 4) is 0 Å². The highest BCUT2D eigenvalue weighted by molar-refractivity contribution is 9.10. The van der Waals surface area contributed by atoms with E-state index >= 15 is 0 Å². The zero-order valence-electron chi connectivity index (χ0n) is 11.9. The molecule has 114 valence electrons. The van der Waals surface area contributed by atoms with Crippen LogP contribution in [0.1, 0.15) is 36.5 Å². The van der Waals surface area contributed by atoms with Crippen molar-refractivity contribution in [2.24, 2.45) is 5.41 Å². The number of carboxylic acids is 1. The molecule has 1 aliphatic rings. The van der Waals surface area contributed by atoms with Gasteiger partial charge >= 0.3 is 5.97 Å². The smallest absolute Gasteiger partial charge is 0.335 e. The molecule has 2 rings (SSSR count). The second kappa shape index (κ2) is 6.58. The lowest BCUT2D eigenvalue weighted by Gasteiger charge is -2.35. The molecule has 1 saturated heterocycles. The van der Waals surface area contributed by atoms with E-state index in [1.165, 1.54) is 12.1 Å². The molecular formula is C15H19BrN2O3. The summed E-state index contributed by atoms with van der Waals surface area (Å²) < 4.78 is 0.575. The summed E-state index contributed by atoms with van der Waals surface area (Å²) in [5.41, 5.74) is 0.399. The van der Waals surface area contributed by atoms with E-state index in [9.17, 15) is 9.59 Å². The number of aromatic carboxylic acids is 1. The summed E-state index contributed by atoms with van der Waals surface area (Å²) in [4.78, 5) is 23.5. The molecule has 1 fully saturated rings. The Morgan fingerprint density at radius 3 is 2.76 bits per heavy atom. The van der Waals surface area contributed by atoms with Gasteiger partial charge < -0.3 is 15.7 Å². The van der Waals surface area contributed by atoms with Crippen molar-refractivity contribution < 1.29 is 14.7 Å². The molecule has 1 amide bonds. The highest BCUT2D eigenvalue weighted by Gasteiger charge is 2.37. The second-order valence-electron chi connectivity index (χ2n) is 5.37. The van der Waals surface area contributed by atoms with Gasteiger partial charge in [-0.05, 0) is 59.9 Å². The van der Waals surface area contributed by atoms with Crippen molar-refractivity contribution in [3.63, 3.8) is 0 Å². The average Bonchev–Trinajstić information content (AvgIpc) is 2.49. The van der Waals surface area contributed by atoms with Crippen LogP contribution < -0.4 is 10.6 Å². The van der Waals surface area contributed by atoms with E-state index in [1.807, 2.05) is 6.92 Å². The summed E-state index contributed by atoms with van der Waals surface area (Å²) in [6.07, 6.45) is 2.63. The maximum Gasteiger partial charge on any atom is 0.335 e. The lowest BCUT2D eigenvalue weighted by molar-refractivity contribution is -0.126. The Labute approximate surface area is 132 Å². The zero-order chi connectivity index (χ0) is 15.5. The Morgan fingerprint density at radius 1 is 1.48 bits per heavy atom. The molecule has 21 heavy (non-hydrogen) atoms. The molecule has 1 aliphatic heterocycles. The molecule has 0 aromatic heterocycles. The summed E-state index contributed by atoms with van der Waals surface area (Å²) in [5.74, 6) is -1.00. The van der Waals surface area contributed by atoms with Gasteiger partial charge in [0.25, 0.3) is 0 Å². The van der Waals surface area contributed by atoms with Gasteiger partial charge in [-0.2, -0.15) is 0 Å². The number of carbonyl (C=O) groups is 2. The molecule has 1 unspecified atom stereocenters. The van der Waals surface area contributed by atoms with E-state index in [-0.39, 0.29) is 16.9 Å². The highest BCUT2D eigenvalue weighted by Crippen LogP contribution is 2.33. The van der Waals surface area contributed by atoms with Gasteiger partial charge in [-0.3, -0.25) is 4.79 Å². The SMILES string of the molecule is CCC1(C(=O)Nc2ccc(C(=O)O)cc2Br)CCCNC1. The standard InChI is InChI=1S/C15H19BrN2O3/c1-2-15(6-3-7-17-9-15)14(21)18-12-5-4-10(13(19)20)8-11(12)16/h4-5,8,17H,2-3,6-7,9H2,1H3,(H,18,21)(H,19,20). The Kier molecular flexibility index (Phi) is 5.00. The van der Waals surface area contributed by atoms with Crippen LogP contribution in [-0.4, -0.2) is 30.1 Å². The summed E-state index contributed by atoms with van der Waals surface area (Å²) in [6.45, 7) is 3.65. The van der Waals surface area contributed by atoms with Crippen LogP contribution in [0, 0.1) is 5.41 Å². The van der Waals surface area contributed by atoms with E-state index < -0.39 is 5.97 Å². The zero-order valence-corrected chi connectivity index (χ0v) is 13.5. The molecular weight excluding hydrogens is 336 g/mol. The number of carboxylic acid groups (broad SMARTS) is 1. The predicted octanol–water partition coefficient (Wildman–Crippen LogP) is 2.87. The summed E-state index contributed by atoms with van der Waals surface area (Å²) in [6, 6.07) is 4.60. The van der Waals surface area contributed by atoms with Crippen molar-refractivity contribution in [1.29, 1.82) is 0 Å². The van der Waals surface area contributed by atoms with Crippen molar-refractivity contribution in [2.45, 2.75) is 26.2 Å². The van der Waals surface area contributed by atoms with Gasteiger partial charge in [-0.15, -0.1) is 0 Å². The first kappa shape index (κ1) is 16.0. The van der Waals surface area contributed by atoms with Crippen molar-refractivity contribution in [2.75, 3.05) is 18.4 Å². The van der Waals surface area contributed by atoms with Crippen LogP contribution in [0.2, 0.25) is 0 Å². The third-order valence-electron chi connectivity index (χ3n) is 4.09. The van der Waals surface area contributed by atoms with Crippen molar-refractivity contribution in [3.05, 3.63) is 28.2 Å². The number of halogens is 1. The lowest BCUT2D eigenvalue weighted by atomic mass is 9.77. The van der Waals surface area contributed by atoms with Crippen molar-refractivity contribution in [1.82, 2.24) is 5.32 Å². The van der Waals surface area contributed by atoms with Gasteiger partial charge in [0.1, 0.15) is 0 Å². The number of rotatable bonds is 4. The fourth-order valence-corrected chi connectivity index (χ4v) is 3.11. The first-order chi connectivity index (χ1) is 9.98. The normalized spacial score (nSPS) is 21.8. The molecule has 1 aromatic carbocycles. The number of amides is 1. The number of benzene rings is 1. The van der Waals surface area contributed by atoms with Crippen LogP contribution in [0.3, 0.4) is 0 Å². The Bertz CT molecular complexity index is 554. The third kappa shape index (κ3) is 3.44. The maximum atomic E-state index is 12.6. The Hall–Kier alpha value is -1.40. The number of anilines is 1. The van der Waals surface area contributed by atoms with Crippen LogP contribution in [0.4, 0.5) is 5.69 Å². The van der Waals surface area contributed by atoms with Gasteiger partial charge in [-0.1, -0.05) is 6.92 Å². The predicted molar refractivity (Wildman–Crippen MR) is 84.6 cm³/mol. The van der Waals surface area contributed by atoms with Crippen molar-refractivity contribution >= 4 is 33.5 Å². The maximum absolute atomic E-state index is 12.6. The molecule has 0 spiro atoms. The minimum Gasteiger partial charge on any atom is -0.478 e. The molecule has 1 atom stereocenters. The molecule has 1 aromatic rings. The van der Waals surface area contributed by atoms with Gasteiger partial charge in [0, 0.05) is 11.0 Å². The van der Waals surface area contributed by atoms with Gasteiger partial charge in [-0.25, -0.2) is 4.79 Å². The first-order valence-corrected chi connectivity index (χ1v) is 7.83. The number of hydrogen-bond acceptors (Lipinski definition) is 3. The Morgan fingerprint density at radius 2 is 2.24 bits per heavy atom. The van der Waals surface area contributed by atoms with Gasteiger partial charge in [0.05, 0.1) is 16.7 Å². The molecule has 0 radical (unpaired) electrons. The lowest BCUT2D eigenvalue weighted by Crippen LogP contribution is -2.47. The molecule has 0 aliphatic carbocycles. The Balaban J connectivity index is 2.17. The fourth-order valence-electron chi connectivity index (χ4n) is 2.63. The minimum atomic E-state index is -0.991.